The number of hydrogen-bond acceptors (Lipinski definition) is 3. The Morgan fingerprint density at radius 3 is 2.58 bits per heavy atom. The molecule has 130 valence electrons. The second-order valence-electron chi connectivity index (χ2n) is 9.05. The molecular formula is C21H28O3. The number of rotatable bonds is 0. The first-order chi connectivity index (χ1) is 11.5. The van der Waals surface area contributed by atoms with E-state index in [1.807, 2.05) is 6.08 Å². The van der Waals surface area contributed by atoms with Gasteiger partial charge in [-0.1, -0.05) is 25.5 Å². The number of hydrogen-bond donors (Lipinski definition) is 0. The summed E-state index contributed by atoms with van der Waals surface area (Å²) in [5.41, 5.74) is 1.63. The molecule has 4 aliphatic carbocycles. The van der Waals surface area contributed by atoms with E-state index in [0.29, 0.717) is 11.8 Å². The summed E-state index contributed by atoms with van der Waals surface area (Å²) in [7, 11) is 0. The molecular weight excluding hydrogens is 300 g/mol. The molecule has 0 aromatic carbocycles. The molecule has 0 aromatic rings. The zero-order valence-corrected chi connectivity index (χ0v) is 14.8. The van der Waals surface area contributed by atoms with E-state index in [2.05, 4.69) is 19.9 Å². The first-order valence-electron chi connectivity index (χ1n) is 9.71. The summed E-state index contributed by atoms with van der Waals surface area (Å²) in [5, 5.41) is 0. The van der Waals surface area contributed by atoms with E-state index in [1.165, 1.54) is 31.3 Å². The van der Waals surface area contributed by atoms with E-state index in [4.69, 9.17) is 9.47 Å². The first-order valence-corrected chi connectivity index (χ1v) is 9.71. The molecule has 5 aliphatic rings. The molecule has 0 unspecified atom stereocenters. The molecule has 3 heteroatoms. The Bertz CT molecular complexity index is 641. The Labute approximate surface area is 144 Å². The number of carbonyl (C=O) groups is 1. The summed E-state index contributed by atoms with van der Waals surface area (Å²) >= 11 is 0. The summed E-state index contributed by atoms with van der Waals surface area (Å²) in [5.74, 6) is 1.96. The van der Waals surface area contributed by atoms with E-state index in [-0.39, 0.29) is 22.4 Å². The number of carbonyl (C=O) groups excluding carboxylic acids is 1. The van der Waals surface area contributed by atoms with Crippen LogP contribution in [0.3, 0.4) is 0 Å². The van der Waals surface area contributed by atoms with Crippen LogP contribution in [0.4, 0.5) is 0 Å². The van der Waals surface area contributed by atoms with Crippen molar-refractivity contribution in [1.82, 2.24) is 0 Å². The van der Waals surface area contributed by atoms with Gasteiger partial charge in [-0.25, -0.2) is 0 Å². The molecule has 0 radical (unpaired) electrons. The second-order valence-corrected chi connectivity index (χ2v) is 9.05. The van der Waals surface area contributed by atoms with Gasteiger partial charge in [-0.2, -0.15) is 0 Å². The number of ether oxygens (including phenoxy) is 2. The Morgan fingerprint density at radius 2 is 1.79 bits per heavy atom. The topological polar surface area (TPSA) is 35.5 Å². The van der Waals surface area contributed by atoms with Crippen LogP contribution < -0.4 is 0 Å². The second kappa shape index (κ2) is 4.82. The smallest absolute Gasteiger partial charge is 0.178 e. The summed E-state index contributed by atoms with van der Waals surface area (Å²) in [6.07, 6.45) is 12.9. The van der Waals surface area contributed by atoms with Crippen molar-refractivity contribution in [2.75, 3.05) is 13.2 Å². The number of fused-ring (bicyclic) bond motifs is 6. The SMILES string of the molecule is C[C@]12C=CC(=O)C=C1CC[C@@H]1[C@H]2CC[C@@]2(C)[C@@H]1CCC21OCCO1. The van der Waals surface area contributed by atoms with Gasteiger partial charge in [0.25, 0.3) is 0 Å². The molecule has 5 rings (SSSR count). The van der Waals surface area contributed by atoms with Gasteiger partial charge in [-0.15, -0.1) is 0 Å². The van der Waals surface area contributed by atoms with Gasteiger partial charge in [0, 0.05) is 17.3 Å². The molecule has 1 spiro atoms. The van der Waals surface area contributed by atoms with Gasteiger partial charge in [0.05, 0.1) is 13.2 Å². The highest BCUT2D eigenvalue weighted by molar-refractivity contribution is 6.01. The summed E-state index contributed by atoms with van der Waals surface area (Å²) in [6, 6.07) is 0. The minimum absolute atomic E-state index is 0.0886. The number of allylic oxidation sites excluding steroid dienone is 4. The summed E-state index contributed by atoms with van der Waals surface area (Å²) < 4.78 is 12.4. The molecule has 1 heterocycles. The summed E-state index contributed by atoms with van der Waals surface area (Å²) in [6.45, 7) is 6.31. The van der Waals surface area contributed by atoms with Crippen LogP contribution in [-0.2, 0) is 14.3 Å². The van der Waals surface area contributed by atoms with Crippen LogP contribution in [0.25, 0.3) is 0 Å². The molecule has 0 N–H and O–H groups in total. The number of ketones is 1. The van der Waals surface area contributed by atoms with Gasteiger partial charge >= 0.3 is 0 Å². The average molecular weight is 328 g/mol. The van der Waals surface area contributed by atoms with Crippen molar-refractivity contribution in [1.29, 1.82) is 0 Å². The van der Waals surface area contributed by atoms with E-state index in [9.17, 15) is 4.79 Å². The van der Waals surface area contributed by atoms with Crippen LogP contribution in [0.15, 0.2) is 23.8 Å². The standard InChI is InChI=1S/C21H28O3/c1-19-8-5-15(22)13-14(19)3-4-16-17(19)6-9-20(2)18(16)7-10-21(20)23-11-12-24-21/h5,8,13,16-18H,3-4,6-7,9-12H2,1-2H3/t16-,17-,18-,19+,20+/m1/s1. The predicted molar refractivity (Wildman–Crippen MR) is 91.3 cm³/mol. The Hall–Kier alpha value is -0.930. The molecule has 1 saturated heterocycles. The van der Waals surface area contributed by atoms with Crippen molar-refractivity contribution in [2.45, 2.75) is 58.2 Å². The highest BCUT2D eigenvalue weighted by atomic mass is 16.7. The lowest BCUT2D eigenvalue weighted by Gasteiger charge is -2.57. The molecule has 4 fully saturated rings. The van der Waals surface area contributed by atoms with Crippen molar-refractivity contribution in [2.24, 2.45) is 28.6 Å². The largest absolute Gasteiger partial charge is 0.347 e. The fraction of sp³-hybridized carbons (Fsp3) is 0.762. The maximum atomic E-state index is 11.8. The van der Waals surface area contributed by atoms with Gasteiger partial charge in [-0.3, -0.25) is 4.79 Å². The Morgan fingerprint density at radius 1 is 1.04 bits per heavy atom. The highest BCUT2D eigenvalue weighted by Gasteiger charge is 2.66. The molecule has 1 aliphatic heterocycles. The van der Waals surface area contributed by atoms with Crippen LogP contribution in [0, 0.1) is 28.6 Å². The van der Waals surface area contributed by atoms with Crippen LogP contribution in [0.2, 0.25) is 0 Å². The fourth-order valence-corrected chi connectivity index (χ4v) is 7.08. The van der Waals surface area contributed by atoms with E-state index < -0.39 is 0 Å². The van der Waals surface area contributed by atoms with Gasteiger partial charge in [-0.05, 0) is 62.0 Å². The molecule has 3 nitrogen and oxygen atoms in total. The van der Waals surface area contributed by atoms with Crippen molar-refractivity contribution in [3.05, 3.63) is 23.8 Å². The minimum atomic E-state index is -0.308. The first kappa shape index (κ1) is 15.3. The minimum Gasteiger partial charge on any atom is -0.347 e. The fourth-order valence-electron chi connectivity index (χ4n) is 7.08. The van der Waals surface area contributed by atoms with E-state index in [1.54, 1.807) is 6.08 Å². The molecule has 0 aromatic heterocycles. The van der Waals surface area contributed by atoms with E-state index in [0.717, 1.165) is 32.0 Å². The van der Waals surface area contributed by atoms with Crippen LogP contribution in [-0.4, -0.2) is 24.8 Å². The van der Waals surface area contributed by atoms with Crippen LogP contribution >= 0.6 is 0 Å². The van der Waals surface area contributed by atoms with E-state index >= 15 is 0 Å². The van der Waals surface area contributed by atoms with Crippen molar-refractivity contribution in [3.63, 3.8) is 0 Å². The van der Waals surface area contributed by atoms with Gasteiger partial charge in [0.2, 0.25) is 0 Å². The van der Waals surface area contributed by atoms with Gasteiger partial charge in [0.1, 0.15) is 0 Å². The monoisotopic (exact) mass is 328 g/mol. The van der Waals surface area contributed by atoms with Crippen LogP contribution in [0.5, 0.6) is 0 Å². The normalized spacial score (nSPS) is 48.8. The van der Waals surface area contributed by atoms with Crippen LogP contribution in [0.1, 0.15) is 52.4 Å². The third kappa shape index (κ3) is 1.73. The highest BCUT2D eigenvalue weighted by Crippen LogP contribution is 2.68. The third-order valence-corrected chi connectivity index (χ3v) is 8.35. The predicted octanol–water partition coefficient (Wildman–Crippen LogP) is 4.04. The Kier molecular flexibility index (Phi) is 3.08. The zero-order chi connectivity index (χ0) is 16.6. The third-order valence-electron chi connectivity index (χ3n) is 8.35. The lowest BCUT2D eigenvalue weighted by atomic mass is 9.48. The molecule has 24 heavy (non-hydrogen) atoms. The summed E-state index contributed by atoms with van der Waals surface area (Å²) in [4.78, 5) is 11.8. The molecule has 0 amide bonds. The molecule has 3 saturated carbocycles. The quantitative estimate of drug-likeness (QED) is 0.673. The lowest BCUT2D eigenvalue weighted by Crippen LogP contribution is -2.54. The lowest BCUT2D eigenvalue weighted by molar-refractivity contribution is -0.241. The van der Waals surface area contributed by atoms with Crippen molar-refractivity contribution >= 4 is 5.78 Å². The van der Waals surface area contributed by atoms with Crippen molar-refractivity contribution < 1.29 is 14.3 Å². The van der Waals surface area contributed by atoms with Gasteiger partial charge in [0.15, 0.2) is 11.6 Å². The van der Waals surface area contributed by atoms with Crippen molar-refractivity contribution in [3.8, 4) is 0 Å². The zero-order valence-electron chi connectivity index (χ0n) is 14.8. The van der Waals surface area contributed by atoms with Gasteiger partial charge < -0.3 is 9.47 Å². The Balaban J connectivity index is 1.51. The maximum Gasteiger partial charge on any atom is 0.178 e. The average Bonchev–Trinajstić information content (AvgIpc) is 3.15. The maximum absolute atomic E-state index is 11.8. The molecule has 0 bridgehead atoms. The molecule has 5 atom stereocenters.